The first-order valence-corrected chi connectivity index (χ1v) is 9.35. The summed E-state index contributed by atoms with van der Waals surface area (Å²) < 4.78 is 2.00. The monoisotopic (exact) mass is 372 g/mol. The molecule has 0 atom stereocenters. The number of nitrogens with one attached hydrogen (secondary N) is 2. The molecule has 3 aromatic rings. The summed E-state index contributed by atoms with van der Waals surface area (Å²) in [7, 11) is 0. The smallest absolute Gasteiger partial charge is 0.235 e. The second-order valence-electron chi connectivity index (χ2n) is 8.10. The van der Waals surface area contributed by atoms with Gasteiger partial charge in [-0.1, -0.05) is 18.2 Å². The molecule has 1 aromatic carbocycles. The zero-order valence-corrected chi connectivity index (χ0v) is 15.8. The van der Waals surface area contributed by atoms with Crippen LogP contribution in [0.15, 0.2) is 36.5 Å². The number of anilines is 1. The van der Waals surface area contributed by atoms with Gasteiger partial charge in [-0.2, -0.15) is 10.4 Å². The van der Waals surface area contributed by atoms with Crippen LogP contribution in [0.2, 0.25) is 0 Å². The van der Waals surface area contributed by atoms with Gasteiger partial charge in [0.05, 0.1) is 23.4 Å². The lowest BCUT2D eigenvalue weighted by atomic mass is 9.83. The van der Waals surface area contributed by atoms with Crippen LogP contribution in [0.25, 0.3) is 22.2 Å². The van der Waals surface area contributed by atoms with Crippen molar-refractivity contribution < 1.29 is 4.79 Å². The maximum Gasteiger partial charge on any atom is 0.235 e. The SMILES string of the molecule is CC1(C)C(=O)Nc2nccc(-c3nn(C4(CC#N)CNC4)c4ccccc34)c21. The third-order valence-electron chi connectivity index (χ3n) is 5.98. The number of nitriles is 1. The van der Waals surface area contributed by atoms with Gasteiger partial charge in [-0.25, -0.2) is 4.98 Å². The van der Waals surface area contributed by atoms with Crippen molar-refractivity contribution in [1.29, 1.82) is 5.26 Å². The minimum absolute atomic E-state index is 0.0599. The normalized spacial score (nSPS) is 19.0. The average Bonchev–Trinajstić information content (AvgIpc) is 3.14. The fourth-order valence-corrected chi connectivity index (χ4v) is 4.30. The number of rotatable bonds is 3. The lowest BCUT2D eigenvalue weighted by molar-refractivity contribution is -0.119. The Bertz CT molecular complexity index is 1170. The molecule has 2 N–H and O–H groups in total. The average molecular weight is 372 g/mol. The second kappa shape index (κ2) is 5.63. The van der Waals surface area contributed by atoms with Gasteiger partial charge in [-0.05, 0) is 26.0 Å². The molecule has 7 heteroatoms. The maximum atomic E-state index is 12.5. The van der Waals surface area contributed by atoms with E-state index in [1.165, 1.54) is 0 Å². The predicted molar refractivity (Wildman–Crippen MR) is 106 cm³/mol. The molecule has 1 amide bonds. The van der Waals surface area contributed by atoms with Crippen LogP contribution >= 0.6 is 0 Å². The summed E-state index contributed by atoms with van der Waals surface area (Å²) in [6.07, 6.45) is 2.10. The number of hydrogen-bond donors (Lipinski definition) is 2. The molecular weight excluding hydrogens is 352 g/mol. The van der Waals surface area contributed by atoms with Crippen molar-refractivity contribution in [2.24, 2.45) is 0 Å². The molecule has 0 bridgehead atoms. The summed E-state index contributed by atoms with van der Waals surface area (Å²) in [5, 5.41) is 21.6. The first kappa shape index (κ1) is 16.9. The van der Waals surface area contributed by atoms with Gasteiger partial charge in [0.15, 0.2) is 0 Å². The van der Waals surface area contributed by atoms with E-state index in [0.717, 1.165) is 27.7 Å². The number of hydrogen-bond acceptors (Lipinski definition) is 5. The van der Waals surface area contributed by atoms with Crippen molar-refractivity contribution >= 4 is 22.6 Å². The highest BCUT2D eigenvalue weighted by Crippen LogP contribution is 2.44. The number of para-hydroxylation sites is 1. The van der Waals surface area contributed by atoms with Gasteiger partial charge in [-0.3, -0.25) is 9.48 Å². The number of carbonyl (C=O) groups excluding carboxylic acids is 1. The number of benzene rings is 1. The predicted octanol–water partition coefficient (Wildman–Crippen LogP) is 2.54. The number of fused-ring (bicyclic) bond motifs is 2. The van der Waals surface area contributed by atoms with Crippen LogP contribution in [0.1, 0.15) is 25.8 Å². The molecule has 1 saturated heterocycles. The molecule has 5 rings (SSSR count). The summed E-state index contributed by atoms with van der Waals surface area (Å²) in [4.78, 5) is 16.8. The fraction of sp³-hybridized carbons (Fsp3) is 0.333. The molecule has 0 saturated carbocycles. The van der Waals surface area contributed by atoms with E-state index in [0.29, 0.717) is 25.3 Å². The Morgan fingerprint density at radius 2 is 2.04 bits per heavy atom. The standard InChI is InChI=1S/C21H20N6O/c1-20(2)16-14(7-10-24-18(16)25-19(20)28)17-13-5-3-4-6-15(13)27(26-17)21(8-9-22)11-23-12-21/h3-7,10,23H,8,11-12H2,1-2H3,(H,24,25,28). The quantitative estimate of drug-likeness (QED) is 0.737. The summed E-state index contributed by atoms with van der Waals surface area (Å²) >= 11 is 0. The van der Waals surface area contributed by atoms with E-state index in [1.54, 1.807) is 6.20 Å². The van der Waals surface area contributed by atoms with Gasteiger partial charge in [0.2, 0.25) is 5.91 Å². The minimum Gasteiger partial charge on any atom is -0.312 e. The molecule has 0 aliphatic carbocycles. The molecule has 28 heavy (non-hydrogen) atoms. The number of pyridine rings is 1. The number of carbonyl (C=O) groups is 1. The Morgan fingerprint density at radius 3 is 2.75 bits per heavy atom. The second-order valence-corrected chi connectivity index (χ2v) is 8.10. The lowest BCUT2D eigenvalue weighted by Gasteiger charge is -2.41. The van der Waals surface area contributed by atoms with Crippen molar-refractivity contribution in [2.45, 2.75) is 31.2 Å². The molecule has 0 spiro atoms. The van der Waals surface area contributed by atoms with Gasteiger partial charge in [0.25, 0.3) is 0 Å². The zero-order valence-electron chi connectivity index (χ0n) is 15.8. The van der Waals surface area contributed by atoms with E-state index in [-0.39, 0.29) is 11.4 Å². The van der Waals surface area contributed by atoms with Crippen molar-refractivity contribution in [1.82, 2.24) is 20.1 Å². The van der Waals surface area contributed by atoms with Gasteiger partial charge >= 0.3 is 0 Å². The van der Waals surface area contributed by atoms with Gasteiger partial charge in [0, 0.05) is 35.8 Å². The fourth-order valence-electron chi connectivity index (χ4n) is 4.30. The lowest BCUT2D eigenvalue weighted by Crippen LogP contribution is -2.60. The van der Waals surface area contributed by atoms with Crippen LogP contribution < -0.4 is 10.6 Å². The van der Waals surface area contributed by atoms with Gasteiger partial charge in [0.1, 0.15) is 17.1 Å². The molecular formula is C21H20N6O. The molecule has 2 aliphatic heterocycles. The first-order valence-electron chi connectivity index (χ1n) is 9.35. The molecule has 140 valence electrons. The number of nitrogens with zero attached hydrogens (tertiary/aromatic N) is 4. The zero-order chi connectivity index (χ0) is 19.5. The Morgan fingerprint density at radius 1 is 1.25 bits per heavy atom. The summed E-state index contributed by atoms with van der Waals surface area (Å²) in [5.74, 6) is 0.540. The molecule has 0 unspecified atom stereocenters. The van der Waals surface area contributed by atoms with Gasteiger partial charge < -0.3 is 10.6 Å². The Hall–Kier alpha value is -3.24. The Kier molecular flexibility index (Phi) is 3.40. The summed E-state index contributed by atoms with van der Waals surface area (Å²) in [6.45, 7) is 5.24. The maximum absolute atomic E-state index is 12.5. The van der Waals surface area contributed by atoms with Crippen molar-refractivity contribution in [2.75, 3.05) is 18.4 Å². The first-order chi connectivity index (χ1) is 13.5. The highest BCUT2D eigenvalue weighted by Gasteiger charge is 2.44. The van der Waals surface area contributed by atoms with Crippen LogP contribution in [0.5, 0.6) is 0 Å². The molecule has 2 aliphatic rings. The number of aromatic nitrogens is 3. The van der Waals surface area contributed by atoms with Crippen LogP contribution in [0, 0.1) is 11.3 Å². The topological polar surface area (TPSA) is 95.6 Å². The van der Waals surface area contributed by atoms with Crippen LogP contribution in [-0.4, -0.2) is 33.8 Å². The summed E-state index contributed by atoms with van der Waals surface area (Å²) in [6, 6.07) is 12.3. The van der Waals surface area contributed by atoms with E-state index in [2.05, 4.69) is 21.7 Å². The van der Waals surface area contributed by atoms with Gasteiger partial charge in [-0.15, -0.1) is 0 Å². The van der Waals surface area contributed by atoms with E-state index >= 15 is 0 Å². The van der Waals surface area contributed by atoms with Crippen LogP contribution in [0.4, 0.5) is 5.82 Å². The molecule has 2 aromatic heterocycles. The summed E-state index contributed by atoms with van der Waals surface area (Å²) in [5.41, 5.74) is 2.57. The highest BCUT2D eigenvalue weighted by atomic mass is 16.2. The van der Waals surface area contributed by atoms with Crippen LogP contribution in [-0.2, 0) is 15.7 Å². The largest absolute Gasteiger partial charge is 0.312 e. The minimum atomic E-state index is -0.688. The highest BCUT2D eigenvalue weighted by molar-refractivity contribution is 6.08. The van der Waals surface area contributed by atoms with E-state index < -0.39 is 5.41 Å². The molecule has 4 heterocycles. The van der Waals surface area contributed by atoms with E-state index in [9.17, 15) is 10.1 Å². The molecule has 7 nitrogen and oxygen atoms in total. The van der Waals surface area contributed by atoms with Crippen molar-refractivity contribution in [3.05, 3.63) is 42.1 Å². The Balaban J connectivity index is 1.79. The van der Waals surface area contributed by atoms with Crippen LogP contribution in [0.3, 0.4) is 0 Å². The van der Waals surface area contributed by atoms with Crippen molar-refractivity contribution in [3.8, 4) is 17.3 Å². The van der Waals surface area contributed by atoms with E-state index in [1.807, 2.05) is 48.9 Å². The van der Waals surface area contributed by atoms with E-state index in [4.69, 9.17) is 5.10 Å². The Labute approximate surface area is 162 Å². The number of amides is 1. The van der Waals surface area contributed by atoms with Crippen molar-refractivity contribution in [3.63, 3.8) is 0 Å². The third kappa shape index (κ3) is 2.09. The molecule has 1 fully saturated rings. The molecule has 0 radical (unpaired) electrons. The third-order valence-corrected chi connectivity index (χ3v) is 5.98.